The number of aromatic nitrogens is 3. The first-order chi connectivity index (χ1) is 7.28. The quantitative estimate of drug-likeness (QED) is 0.686. The monoisotopic (exact) mass is 209 g/mol. The van der Waals surface area contributed by atoms with Crippen LogP contribution in [0.15, 0.2) is 6.20 Å². The fraction of sp³-hybridized carbons (Fsp3) is 0.667. The van der Waals surface area contributed by atoms with E-state index >= 15 is 0 Å². The maximum absolute atomic E-state index is 11.0. The lowest BCUT2D eigenvalue weighted by Gasteiger charge is -2.08. The van der Waals surface area contributed by atoms with E-state index in [-0.39, 0.29) is 11.9 Å². The van der Waals surface area contributed by atoms with Crippen molar-refractivity contribution in [1.29, 1.82) is 0 Å². The number of hydrogen-bond donors (Lipinski definition) is 2. The molecule has 15 heavy (non-hydrogen) atoms. The Bertz CT molecular complexity index is 348. The van der Waals surface area contributed by atoms with Crippen LogP contribution < -0.4 is 10.6 Å². The summed E-state index contributed by atoms with van der Waals surface area (Å²) in [5, 5.41) is 13.9. The van der Waals surface area contributed by atoms with Gasteiger partial charge in [-0.3, -0.25) is 9.48 Å². The lowest BCUT2D eigenvalue weighted by atomic mass is 10.2. The molecule has 6 heteroatoms. The summed E-state index contributed by atoms with van der Waals surface area (Å²) < 4.78 is 1.78. The highest BCUT2D eigenvalue weighted by Gasteiger charge is 2.21. The highest BCUT2D eigenvalue weighted by atomic mass is 16.1. The molecule has 2 N–H and O–H groups in total. The molecule has 1 fully saturated rings. The smallest absolute Gasteiger partial charge is 0.220 e. The third-order valence-electron chi connectivity index (χ3n) is 2.44. The normalized spacial score (nSPS) is 20.6. The van der Waals surface area contributed by atoms with Crippen LogP contribution in [-0.4, -0.2) is 34.0 Å². The van der Waals surface area contributed by atoms with Gasteiger partial charge in [-0.2, -0.15) is 0 Å². The van der Waals surface area contributed by atoms with Gasteiger partial charge in [-0.25, -0.2) is 0 Å². The van der Waals surface area contributed by atoms with Crippen molar-refractivity contribution < 1.29 is 4.79 Å². The lowest BCUT2D eigenvalue weighted by Crippen LogP contribution is -2.29. The molecule has 0 saturated carbocycles. The van der Waals surface area contributed by atoms with Crippen LogP contribution in [0.25, 0.3) is 0 Å². The summed E-state index contributed by atoms with van der Waals surface area (Å²) in [6.07, 6.45) is 3.42. The number of carbonyl (C=O) groups excluding carboxylic acids is 1. The molecule has 0 spiro atoms. The average molecular weight is 209 g/mol. The Hall–Kier alpha value is -1.43. The van der Waals surface area contributed by atoms with E-state index in [4.69, 9.17) is 0 Å². The molecule has 1 aromatic heterocycles. The summed E-state index contributed by atoms with van der Waals surface area (Å²) in [7, 11) is 1.87. The van der Waals surface area contributed by atoms with E-state index in [1.165, 1.54) is 0 Å². The van der Waals surface area contributed by atoms with Crippen LogP contribution in [-0.2, 0) is 17.9 Å². The first-order valence-corrected chi connectivity index (χ1v) is 5.11. The van der Waals surface area contributed by atoms with Gasteiger partial charge in [0.05, 0.1) is 12.2 Å². The van der Waals surface area contributed by atoms with Crippen LogP contribution in [0.4, 0.5) is 0 Å². The number of hydrogen-bond acceptors (Lipinski definition) is 4. The molecule has 1 unspecified atom stereocenters. The zero-order chi connectivity index (χ0) is 10.7. The number of amides is 1. The molecule has 2 heterocycles. The van der Waals surface area contributed by atoms with Crippen molar-refractivity contribution in [1.82, 2.24) is 25.6 Å². The van der Waals surface area contributed by atoms with E-state index in [1.54, 1.807) is 4.68 Å². The Balaban J connectivity index is 1.90. The second-order valence-electron chi connectivity index (χ2n) is 3.77. The maximum Gasteiger partial charge on any atom is 0.220 e. The van der Waals surface area contributed by atoms with Crippen molar-refractivity contribution >= 4 is 5.91 Å². The number of rotatable bonds is 4. The Labute approximate surface area is 88.0 Å². The fourth-order valence-electron chi connectivity index (χ4n) is 1.73. The molecule has 1 amide bonds. The largest absolute Gasteiger partial charge is 0.351 e. The molecular weight excluding hydrogens is 194 g/mol. The van der Waals surface area contributed by atoms with Gasteiger partial charge in [-0.1, -0.05) is 5.21 Å². The van der Waals surface area contributed by atoms with Crippen LogP contribution in [0.3, 0.4) is 0 Å². The minimum atomic E-state index is 0.135. The molecular formula is C9H15N5O. The molecule has 0 aromatic carbocycles. The van der Waals surface area contributed by atoms with Crippen LogP contribution in [0.2, 0.25) is 0 Å². The van der Waals surface area contributed by atoms with E-state index in [2.05, 4.69) is 20.9 Å². The number of carbonyl (C=O) groups is 1. The first-order valence-electron chi connectivity index (χ1n) is 5.11. The van der Waals surface area contributed by atoms with Crippen LogP contribution in [0.5, 0.6) is 0 Å². The van der Waals surface area contributed by atoms with Gasteiger partial charge in [-0.05, 0) is 13.5 Å². The van der Waals surface area contributed by atoms with Gasteiger partial charge in [0.1, 0.15) is 0 Å². The van der Waals surface area contributed by atoms with Crippen molar-refractivity contribution in [3.8, 4) is 0 Å². The Morgan fingerprint density at radius 3 is 3.27 bits per heavy atom. The molecule has 1 atom stereocenters. The third kappa shape index (κ3) is 2.53. The van der Waals surface area contributed by atoms with E-state index in [0.29, 0.717) is 13.0 Å². The number of nitrogens with zero attached hydrogens (tertiary/aromatic N) is 3. The zero-order valence-corrected chi connectivity index (χ0v) is 8.73. The van der Waals surface area contributed by atoms with E-state index in [9.17, 15) is 4.79 Å². The molecule has 1 aliphatic rings. The Morgan fingerprint density at radius 1 is 1.73 bits per heavy atom. The van der Waals surface area contributed by atoms with Crippen LogP contribution in [0.1, 0.15) is 18.5 Å². The standard InChI is InChI=1S/C9H15N5O/c1-10-4-8-6-14(13-12-8)5-7-2-3-9(15)11-7/h6-7,10H,2-5H2,1H3,(H,11,15). The Kier molecular flexibility index (Phi) is 2.96. The molecule has 6 nitrogen and oxygen atoms in total. The summed E-state index contributed by atoms with van der Waals surface area (Å²) in [6.45, 7) is 1.43. The summed E-state index contributed by atoms with van der Waals surface area (Å²) in [5.74, 6) is 0.135. The van der Waals surface area contributed by atoms with Crippen molar-refractivity contribution in [2.75, 3.05) is 7.05 Å². The van der Waals surface area contributed by atoms with Gasteiger partial charge in [0.25, 0.3) is 0 Å². The number of nitrogens with one attached hydrogen (secondary N) is 2. The predicted octanol–water partition coefficient (Wildman–Crippen LogP) is -0.724. The van der Waals surface area contributed by atoms with E-state index in [1.807, 2.05) is 13.2 Å². The molecule has 1 aromatic rings. The van der Waals surface area contributed by atoms with Gasteiger partial charge < -0.3 is 10.6 Å². The second-order valence-corrected chi connectivity index (χ2v) is 3.77. The molecule has 2 rings (SSSR count). The molecule has 0 radical (unpaired) electrons. The molecule has 1 aliphatic heterocycles. The minimum Gasteiger partial charge on any atom is -0.351 e. The SMILES string of the molecule is CNCc1cn(CC2CCC(=O)N2)nn1. The summed E-state index contributed by atoms with van der Waals surface area (Å²) in [5.41, 5.74) is 0.918. The molecule has 0 bridgehead atoms. The predicted molar refractivity (Wildman–Crippen MR) is 54.0 cm³/mol. The van der Waals surface area contributed by atoms with Crippen molar-refractivity contribution in [2.24, 2.45) is 0 Å². The molecule has 82 valence electrons. The highest BCUT2D eigenvalue weighted by molar-refractivity contribution is 5.78. The Morgan fingerprint density at radius 2 is 2.60 bits per heavy atom. The molecule has 1 saturated heterocycles. The second kappa shape index (κ2) is 4.39. The molecule has 0 aliphatic carbocycles. The van der Waals surface area contributed by atoms with Gasteiger partial charge in [0, 0.05) is 25.2 Å². The summed E-state index contributed by atoms with van der Waals surface area (Å²) in [6, 6.07) is 0.210. The van der Waals surface area contributed by atoms with Crippen molar-refractivity contribution in [2.45, 2.75) is 32.0 Å². The highest BCUT2D eigenvalue weighted by Crippen LogP contribution is 2.08. The van der Waals surface area contributed by atoms with Gasteiger partial charge >= 0.3 is 0 Å². The third-order valence-corrected chi connectivity index (χ3v) is 2.44. The van der Waals surface area contributed by atoms with Gasteiger partial charge in [0.2, 0.25) is 5.91 Å². The van der Waals surface area contributed by atoms with Crippen molar-refractivity contribution in [3.05, 3.63) is 11.9 Å². The average Bonchev–Trinajstić information content (AvgIpc) is 2.78. The minimum absolute atomic E-state index is 0.135. The topological polar surface area (TPSA) is 71.8 Å². The van der Waals surface area contributed by atoms with Gasteiger partial charge in [-0.15, -0.1) is 5.10 Å². The summed E-state index contributed by atoms with van der Waals surface area (Å²) >= 11 is 0. The van der Waals surface area contributed by atoms with Crippen LogP contribution >= 0.6 is 0 Å². The van der Waals surface area contributed by atoms with Gasteiger partial charge in [0.15, 0.2) is 0 Å². The van der Waals surface area contributed by atoms with Crippen molar-refractivity contribution in [3.63, 3.8) is 0 Å². The lowest BCUT2D eigenvalue weighted by molar-refractivity contribution is -0.119. The van der Waals surface area contributed by atoms with E-state index in [0.717, 1.165) is 18.7 Å². The zero-order valence-electron chi connectivity index (χ0n) is 8.73. The summed E-state index contributed by atoms with van der Waals surface area (Å²) in [4.78, 5) is 11.0. The maximum atomic E-state index is 11.0. The van der Waals surface area contributed by atoms with E-state index < -0.39 is 0 Å². The first kappa shape index (κ1) is 10.1. The van der Waals surface area contributed by atoms with Crippen LogP contribution in [0, 0.1) is 0 Å². The fourth-order valence-corrected chi connectivity index (χ4v) is 1.73.